The van der Waals surface area contributed by atoms with Crippen molar-refractivity contribution in [2.24, 2.45) is 0 Å². The SMILES string of the molecule is CC/C=C\C/C=C\C/C=C\C/C=C\C/C=C\CCCCCCCCCCCCCCCCCC(=O)NC(COP(=O)([O-])OCC[N+](C)(C)C)C(O)CCCCCCCCCCCCCCCCCCCCCCCCCCCCCCCC. The molecule has 0 aromatic rings. The molecule has 0 fully saturated rings. The van der Waals surface area contributed by atoms with Crippen LogP contribution in [0.2, 0.25) is 0 Å². The standard InChI is InChI=1S/C74H141N2O6P/c1-6-8-10-12-14-16-18-20-22-24-26-28-30-32-34-36-38-40-42-44-46-48-50-52-54-56-58-60-62-64-66-68-74(78)75-72(71-82-83(79,80)81-70-69-76(3,4)5)73(77)67-65-63-61-59-57-55-53-51-49-47-45-43-41-39-37-35-33-31-29-27-25-23-21-19-17-15-13-11-9-7-2/h8,10,14,16,20,22,26,28,32,34,72-73,77H,6-7,9,11-13,15,17-19,21,23-25,27,29-31,33,35-71H2,1-5H3,(H-,75,78,79,80)/b10-8-,16-14-,22-20-,28-26-,34-32-. The molecule has 0 bridgehead atoms. The van der Waals surface area contributed by atoms with Gasteiger partial charge in [-0.1, -0.05) is 351 Å². The second kappa shape index (κ2) is 64.7. The predicted molar refractivity (Wildman–Crippen MR) is 362 cm³/mol. The van der Waals surface area contributed by atoms with Gasteiger partial charge < -0.3 is 28.8 Å². The molecular formula is C74H141N2O6P. The molecule has 0 spiro atoms. The van der Waals surface area contributed by atoms with E-state index in [1.165, 1.54) is 257 Å². The lowest BCUT2D eigenvalue weighted by Gasteiger charge is -2.30. The summed E-state index contributed by atoms with van der Waals surface area (Å²) in [4.78, 5) is 25.7. The van der Waals surface area contributed by atoms with Crippen LogP contribution in [0.3, 0.4) is 0 Å². The Labute approximate surface area is 517 Å². The van der Waals surface area contributed by atoms with E-state index in [9.17, 15) is 19.4 Å². The van der Waals surface area contributed by atoms with Gasteiger partial charge in [0.2, 0.25) is 5.91 Å². The molecule has 0 aromatic carbocycles. The average molecular weight is 1190 g/mol. The number of amides is 1. The summed E-state index contributed by atoms with van der Waals surface area (Å²) in [5, 5.41) is 14.1. The summed E-state index contributed by atoms with van der Waals surface area (Å²) in [6.07, 6.45) is 88.8. The fourth-order valence-electron chi connectivity index (χ4n) is 11.0. The number of carbonyl (C=O) groups is 1. The van der Waals surface area contributed by atoms with E-state index < -0.39 is 20.0 Å². The maximum absolute atomic E-state index is 13.1. The maximum atomic E-state index is 13.1. The summed E-state index contributed by atoms with van der Waals surface area (Å²) in [6.45, 7) is 4.66. The first-order valence-corrected chi connectivity index (χ1v) is 37.6. The second-order valence-corrected chi connectivity index (χ2v) is 27.3. The zero-order valence-corrected chi connectivity index (χ0v) is 56.8. The molecule has 8 nitrogen and oxygen atoms in total. The van der Waals surface area contributed by atoms with E-state index in [1.54, 1.807) is 0 Å². The van der Waals surface area contributed by atoms with Crippen molar-refractivity contribution in [1.82, 2.24) is 5.32 Å². The molecule has 3 unspecified atom stereocenters. The van der Waals surface area contributed by atoms with Crippen molar-refractivity contribution in [2.45, 2.75) is 366 Å². The number of aliphatic hydroxyl groups excluding tert-OH is 1. The van der Waals surface area contributed by atoms with Crippen molar-refractivity contribution in [3.63, 3.8) is 0 Å². The van der Waals surface area contributed by atoms with Crippen LogP contribution in [-0.2, 0) is 18.4 Å². The predicted octanol–water partition coefficient (Wildman–Crippen LogP) is 22.5. The minimum Gasteiger partial charge on any atom is -0.756 e. The van der Waals surface area contributed by atoms with Crippen molar-refractivity contribution >= 4 is 13.7 Å². The second-order valence-electron chi connectivity index (χ2n) is 25.9. The number of nitrogens with zero attached hydrogens (tertiary/aromatic N) is 1. The van der Waals surface area contributed by atoms with Gasteiger partial charge >= 0.3 is 0 Å². The van der Waals surface area contributed by atoms with Crippen molar-refractivity contribution in [3.05, 3.63) is 60.8 Å². The number of aliphatic hydroxyl groups is 1. The molecule has 83 heavy (non-hydrogen) atoms. The van der Waals surface area contributed by atoms with E-state index in [4.69, 9.17) is 9.05 Å². The van der Waals surface area contributed by atoms with Crippen molar-refractivity contribution in [3.8, 4) is 0 Å². The Morgan fingerprint density at radius 3 is 1.07 bits per heavy atom. The molecule has 0 aliphatic rings. The molecule has 0 radical (unpaired) electrons. The van der Waals surface area contributed by atoms with Crippen molar-refractivity contribution < 1.29 is 32.9 Å². The largest absolute Gasteiger partial charge is 0.756 e. The van der Waals surface area contributed by atoms with Gasteiger partial charge in [0.25, 0.3) is 7.82 Å². The fourth-order valence-corrected chi connectivity index (χ4v) is 11.7. The van der Waals surface area contributed by atoms with Gasteiger partial charge in [0.1, 0.15) is 13.2 Å². The zero-order chi connectivity index (χ0) is 60.5. The molecule has 0 saturated carbocycles. The molecule has 9 heteroatoms. The molecule has 1 amide bonds. The Morgan fingerprint density at radius 1 is 0.434 bits per heavy atom. The third-order valence-corrected chi connectivity index (χ3v) is 17.5. The minimum absolute atomic E-state index is 0.0121. The van der Waals surface area contributed by atoms with Gasteiger partial charge in [0.05, 0.1) is 39.9 Å². The van der Waals surface area contributed by atoms with Crippen LogP contribution in [0.5, 0.6) is 0 Å². The Kier molecular flexibility index (Phi) is 63.3. The van der Waals surface area contributed by atoms with E-state index in [-0.39, 0.29) is 19.1 Å². The molecule has 488 valence electrons. The van der Waals surface area contributed by atoms with Crippen LogP contribution in [-0.4, -0.2) is 68.5 Å². The normalized spacial score (nSPS) is 14.0. The first-order chi connectivity index (χ1) is 40.5. The molecule has 2 N–H and O–H groups in total. The number of unbranched alkanes of at least 4 members (excludes halogenated alkanes) is 44. The third kappa shape index (κ3) is 67.6. The highest BCUT2D eigenvalue weighted by atomic mass is 31.2. The Morgan fingerprint density at radius 2 is 0.735 bits per heavy atom. The fraction of sp³-hybridized carbons (Fsp3) is 0.851. The van der Waals surface area contributed by atoms with E-state index in [0.717, 1.165) is 70.6 Å². The quantitative estimate of drug-likeness (QED) is 0.0272. The number of nitrogens with one attached hydrogen (secondary N) is 1. The number of phosphoric acid groups is 1. The van der Waals surface area contributed by atoms with Gasteiger partial charge in [-0.3, -0.25) is 9.36 Å². The monoisotopic (exact) mass is 1190 g/mol. The molecule has 0 aliphatic heterocycles. The highest BCUT2D eigenvalue weighted by Crippen LogP contribution is 2.38. The van der Waals surface area contributed by atoms with Crippen LogP contribution in [0.4, 0.5) is 0 Å². The third-order valence-electron chi connectivity index (χ3n) is 16.5. The lowest BCUT2D eigenvalue weighted by atomic mass is 10.0. The smallest absolute Gasteiger partial charge is 0.268 e. The van der Waals surface area contributed by atoms with Gasteiger partial charge in [-0.25, -0.2) is 0 Å². The molecule has 0 aliphatic carbocycles. The zero-order valence-electron chi connectivity index (χ0n) is 55.9. The number of hydrogen-bond donors (Lipinski definition) is 2. The van der Waals surface area contributed by atoms with Crippen LogP contribution in [0.25, 0.3) is 0 Å². The highest BCUT2D eigenvalue weighted by Gasteiger charge is 2.24. The first kappa shape index (κ1) is 81.2. The summed E-state index contributed by atoms with van der Waals surface area (Å²) in [5.41, 5.74) is 0. The first-order valence-electron chi connectivity index (χ1n) is 36.1. The van der Waals surface area contributed by atoms with E-state index in [0.29, 0.717) is 23.9 Å². The van der Waals surface area contributed by atoms with Gasteiger partial charge in [-0.15, -0.1) is 0 Å². The van der Waals surface area contributed by atoms with Gasteiger partial charge in [-0.05, 0) is 57.8 Å². The molecule has 3 atom stereocenters. The van der Waals surface area contributed by atoms with Crippen molar-refractivity contribution in [1.29, 1.82) is 0 Å². The number of phosphoric ester groups is 1. The van der Waals surface area contributed by atoms with Crippen LogP contribution in [0.1, 0.15) is 354 Å². The highest BCUT2D eigenvalue weighted by molar-refractivity contribution is 7.45. The Bertz CT molecular complexity index is 1540. The summed E-state index contributed by atoms with van der Waals surface area (Å²) in [7, 11) is 1.32. The van der Waals surface area contributed by atoms with Gasteiger partial charge in [-0.2, -0.15) is 0 Å². The maximum Gasteiger partial charge on any atom is 0.268 e. The molecule has 0 heterocycles. The van der Waals surface area contributed by atoms with Crippen LogP contribution in [0.15, 0.2) is 60.8 Å². The summed E-state index contributed by atoms with van der Waals surface area (Å²) < 4.78 is 23.6. The number of hydrogen-bond acceptors (Lipinski definition) is 6. The lowest BCUT2D eigenvalue weighted by Crippen LogP contribution is -2.46. The summed E-state index contributed by atoms with van der Waals surface area (Å²) in [6, 6.07) is -0.804. The Hall–Kier alpha value is -1.80. The minimum atomic E-state index is -4.58. The number of likely N-dealkylation sites (N-methyl/N-ethyl adjacent to an activating group) is 1. The topological polar surface area (TPSA) is 108 Å². The Balaban J connectivity index is 4.01. The van der Waals surface area contributed by atoms with Crippen LogP contribution in [0, 0.1) is 0 Å². The van der Waals surface area contributed by atoms with Gasteiger partial charge in [0, 0.05) is 6.42 Å². The van der Waals surface area contributed by atoms with Gasteiger partial charge in [0.15, 0.2) is 0 Å². The molecule has 0 aromatic heterocycles. The van der Waals surface area contributed by atoms with Crippen LogP contribution >= 0.6 is 7.82 Å². The van der Waals surface area contributed by atoms with E-state index in [1.807, 2.05) is 21.1 Å². The lowest BCUT2D eigenvalue weighted by molar-refractivity contribution is -0.870. The molecule has 0 saturated heterocycles. The van der Waals surface area contributed by atoms with Crippen LogP contribution < -0.4 is 10.2 Å². The number of rotatable bonds is 67. The van der Waals surface area contributed by atoms with Crippen molar-refractivity contribution in [2.75, 3.05) is 40.9 Å². The van der Waals surface area contributed by atoms with E-state index >= 15 is 0 Å². The number of allylic oxidation sites excluding steroid dienone is 10. The number of carbonyl (C=O) groups excluding carboxylic acids is 1. The number of quaternary nitrogens is 1. The molecule has 0 rings (SSSR count). The molecular weight excluding hydrogens is 1040 g/mol. The van der Waals surface area contributed by atoms with E-state index in [2.05, 4.69) is 79.9 Å². The average Bonchev–Trinajstić information content (AvgIpc) is 3.49. The summed E-state index contributed by atoms with van der Waals surface area (Å²) in [5.74, 6) is -0.161. The summed E-state index contributed by atoms with van der Waals surface area (Å²) >= 11 is 0.